The molecular weight excluding hydrogens is 258 g/mol. The van der Waals surface area contributed by atoms with Crippen molar-refractivity contribution in [2.75, 3.05) is 19.0 Å². The molecule has 0 aliphatic carbocycles. The third kappa shape index (κ3) is 1.83. The lowest BCUT2D eigenvalue weighted by molar-refractivity contribution is 1.05. The van der Waals surface area contributed by atoms with Crippen molar-refractivity contribution in [1.29, 1.82) is 0 Å². The number of aromatic amines is 2. The van der Waals surface area contributed by atoms with E-state index in [1.54, 1.807) is 0 Å². The summed E-state index contributed by atoms with van der Waals surface area (Å²) in [7, 11) is 3.88. The molecule has 7 heteroatoms. The van der Waals surface area contributed by atoms with Gasteiger partial charge in [-0.3, -0.25) is 14.8 Å². The summed E-state index contributed by atoms with van der Waals surface area (Å²) >= 11 is 0. The zero-order chi connectivity index (χ0) is 14.4. The highest BCUT2D eigenvalue weighted by atomic mass is 16.2. The molecule has 0 bridgehead atoms. The molecule has 1 aromatic carbocycles. The van der Waals surface area contributed by atoms with E-state index in [1.165, 1.54) is 0 Å². The summed E-state index contributed by atoms with van der Waals surface area (Å²) < 4.78 is 0. The van der Waals surface area contributed by atoms with Gasteiger partial charge in [-0.15, -0.1) is 0 Å². The Hall–Kier alpha value is -2.70. The number of anilines is 1. The van der Waals surface area contributed by atoms with Crippen LogP contribution >= 0.6 is 0 Å². The Morgan fingerprint density at radius 2 is 1.75 bits per heavy atom. The van der Waals surface area contributed by atoms with Crippen molar-refractivity contribution in [3.8, 4) is 0 Å². The van der Waals surface area contributed by atoms with Gasteiger partial charge in [-0.1, -0.05) is 0 Å². The Morgan fingerprint density at radius 1 is 1.05 bits per heavy atom. The van der Waals surface area contributed by atoms with Crippen LogP contribution in [-0.4, -0.2) is 34.0 Å². The van der Waals surface area contributed by atoms with Gasteiger partial charge in [0.1, 0.15) is 0 Å². The van der Waals surface area contributed by atoms with Crippen LogP contribution in [0.25, 0.3) is 22.2 Å². The Labute approximate surface area is 113 Å². The number of nitrogens with zero attached hydrogens (tertiary/aromatic N) is 3. The number of H-pyrrole nitrogens is 2. The maximum absolute atomic E-state index is 11.7. The summed E-state index contributed by atoms with van der Waals surface area (Å²) in [5.74, 6) is 0. The SMILES string of the molecule is Cc1cc2nc3c(=O)[nH]c(=O)[nH]c3nc2cc1N(C)C. The quantitative estimate of drug-likeness (QED) is 0.630. The van der Waals surface area contributed by atoms with Gasteiger partial charge in [-0.2, -0.15) is 0 Å². The van der Waals surface area contributed by atoms with Crippen LogP contribution in [0, 0.1) is 6.92 Å². The highest BCUT2D eigenvalue weighted by molar-refractivity contribution is 5.87. The van der Waals surface area contributed by atoms with Crippen molar-refractivity contribution in [3.05, 3.63) is 38.5 Å². The molecule has 0 unspecified atom stereocenters. The van der Waals surface area contributed by atoms with E-state index < -0.39 is 11.2 Å². The van der Waals surface area contributed by atoms with E-state index in [1.807, 2.05) is 38.1 Å². The number of hydrogen-bond acceptors (Lipinski definition) is 5. The van der Waals surface area contributed by atoms with Crippen LogP contribution in [-0.2, 0) is 0 Å². The second-order valence-corrected chi connectivity index (χ2v) is 4.85. The molecule has 2 heterocycles. The minimum Gasteiger partial charge on any atom is -0.377 e. The van der Waals surface area contributed by atoms with Gasteiger partial charge in [0, 0.05) is 19.8 Å². The lowest BCUT2D eigenvalue weighted by Crippen LogP contribution is -2.23. The highest BCUT2D eigenvalue weighted by Gasteiger charge is 2.09. The van der Waals surface area contributed by atoms with E-state index in [2.05, 4.69) is 19.9 Å². The van der Waals surface area contributed by atoms with Gasteiger partial charge >= 0.3 is 5.69 Å². The predicted octanol–water partition coefficient (Wildman–Crippen LogP) is 0.534. The fourth-order valence-corrected chi connectivity index (χ4v) is 2.22. The standard InChI is InChI=1S/C13H13N5O2/c1-6-4-7-8(5-9(6)18(2)3)15-11-10(14-7)12(19)17-13(20)16-11/h4-5H,1-3H3,(H2,15,16,17,19,20). The summed E-state index contributed by atoms with van der Waals surface area (Å²) in [5.41, 5.74) is 2.51. The zero-order valence-corrected chi connectivity index (χ0v) is 11.3. The maximum Gasteiger partial charge on any atom is 0.327 e. The van der Waals surface area contributed by atoms with Crippen molar-refractivity contribution >= 4 is 27.9 Å². The average molecular weight is 271 g/mol. The zero-order valence-electron chi connectivity index (χ0n) is 11.3. The highest BCUT2D eigenvalue weighted by Crippen LogP contribution is 2.23. The van der Waals surface area contributed by atoms with Crippen molar-refractivity contribution < 1.29 is 0 Å². The number of aryl methyl sites for hydroxylation is 1. The van der Waals surface area contributed by atoms with Gasteiger partial charge in [-0.05, 0) is 24.6 Å². The molecule has 0 saturated heterocycles. The Morgan fingerprint density at radius 3 is 2.45 bits per heavy atom. The topological polar surface area (TPSA) is 94.7 Å². The number of hydrogen-bond donors (Lipinski definition) is 2. The van der Waals surface area contributed by atoms with Crippen LogP contribution in [0.4, 0.5) is 5.69 Å². The van der Waals surface area contributed by atoms with Crippen LogP contribution in [0.2, 0.25) is 0 Å². The molecule has 2 aromatic heterocycles. The number of nitrogens with one attached hydrogen (secondary N) is 2. The second kappa shape index (κ2) is 4.16. The summed E-state index contributed by atoms with van der Waals surface area (Å²) in [6, 6.07) is 3.76. The van der Waals surface area contributed by atoms with Gasteiger partial charge in [0.05, 0.1) is 11.0 Å². The lowest BCUT2D eigenvalue weighted by atomic mass is 10.1. The summed E-state index contributed by atoms with van der Waals surface area (Å²) in [4.78, 5) is 38.2. The Balaban J connectivity index is 2.45. The van der Waals surface area contributed by atoms with Gasteiger partial charge in [0.25, 0.3) is 5.56 Å². The van der Waals surface area contributed by atoms with Crippen molar-refractivity contribution in [3.63, 3.8) is 0 Å². The molecule has 7 nitrogen and oxygen atoms in total. The summed E-state index contributed by atoms with van der Waals surface area (Å²) in [6.45, 7) is 1.97. The summed E-state index contributed by atoms with van der Waals surface area (Å²) in [6.07, 6.45) is 0. The molecule has 0 amide bonds. The van der Waals surface area contributed by atoms with Gasteiger partial charge in [-0.25, -0.2) is 14.8 Å². The molecule has 0 aliphatic rings. The molecule has 102 valence electrons. The molecule has 0 atom stereocenters. The first-order valence-electron chi connectivity index (χ1n) is 6.08. The molecule has 0 radical (unpaired) electrons. The smallest absolute Gasteiger partial charge is 0.327 e. The molecule has 0 saturated carbocycles. The monoisotopic (exact) mass is 271 g/mol. The number of benzene rings is 1. The normalized spacial score (nSPS) is 11.2. The fraction of sp³-hybridized carbons (Fsp3) is 0.231. The van der Waals surface area contributed by atoms with E-state index in [0.717, 1.165) is 11.3 Å². The first-order valence-corrected chi connectivity index (χ1v) is 6.08. The second-order valence-electron chi connectivity index (χ2n) is 4.85. The van der Waals surface area contributed by atoms with Gasteiger partial charge in [0.15, 0.2) is 11.2 Å². The molecule has 0 aliphatic heterocycles. The molecule has 3 rings (SSSR count). The molecule has 2 N–H and O–H groups in total. The Kier molecular flexibility index (Phi) is 2.56. The number of aromatic nitrogens is 4. The molecule has 3 aromatic rings. The number of rotatable bonds is 1. The molecule has 20 heavy (non-hydrogen) atoms. The minimum atomic E-state index is -0.587. The predicted molar refractivity (Wildman–Crippen MR) is 77.3 cm³/mol. The minimum absolute atomic E-state index is 0.133. The lowest BCUT2D eigenvalue weighted by Gasteiger charge is -2.16. The Bertz CT molecular complexity index is 939. The molecule has 0 spiro atoms. The van der Waals surface area contributed by atoms with E-state index >= 15 is 0 Å². The fourth-order valence-electron chi connectivity index (χ4n) is 2.22. The van der Waals surface area contributed by atoms with Gasteiger partial charge in [0.2, 0.25) is 0 Å². The van der Waals surface area contributed by atoms with Crippen molar-refractivity contribution in [2.45, 2.75) is 6.92 Å². The van der Waals surface area contributed by atoms with Crippen LogP contribution in [0.5, 0.6) is 0 Å². The maximum atomic E-state index is 11.7. The number of fused-ring (bicyclic) bond motifs is 2. The van der Waals surface area contributed by atoms with Crippen molar-refractivity contribution in [1.82, 2.24) is 19.9 Å². The van der Waals surface area contributed by atoms with E-state index in [-0.39, 0.29) is 11.2 Å². The van der Waals surface area contributed by atoms with E-state index in [0.29, 0.717) is 11.0 Å². The third-order valence-corrected chi connectivity index (χ3v) is 3.14. The van der Waals surface area contributed by atoms with Crippen molar-refractivity contribution in [2.24, 2.45) is 0 Å². The summed E-state index contributed by atoms with van der Waals surface area (Å²) in [5, 5.41) is 0. The van der Waals surface area contributed by atoms with E-state index in [9.17, 15) is 9.59 Å². The van der Waals surface area contributed by atoms with Crippen LogP contribution in [0.3, 0.4) is 0 Å². The molecular formula is C13H13N5O2. The third-order valence-electron chi connectivity index (χ3n) is 3.14. The van der Waals surface area contributed by atoms with Crippen LogP contribution < -0.4 is 16.1 Å². The largest absolute Gasteiger partial charge is 0.377 e. The van der Waals surface area contributed by atoms with Crippen LogP contribution in [0.15, 0.2) is 21.7 Å². The first kappa shape index (κ1) is 12.3. The van der Waals surface area contributed by atoms with Gasteiger partial charge < -0.3 is 4.90 Å². The van der Waals surface area contributed by atoms with E-state index in [4.69, 9.17) is 0 Å². The molecule has 0 fully saturated rings. The van der Waals surface area contributed by atoms with Crippen LogP contribution in [0.1, 0.15) is 5.56 Å². The first-order chi connectivity index (χ1) is 9.45. The average Bonchev–Trinajstić information content (AvgIpc) is 2.36.